The van der Waals surface area contributed by atoms with Gasteiger partial charge in [-0.3, -0.25) is 0 Å². The average molecular weight is 294 g/mol. The zero-order chi connectivity index (χ0) is 14.8. The third-order valence-electron chi connectivity index (χ3n) is 2.88. The van der Waals surface area contributed by atoms with Crippen LogP contribution in [0.4, 0.5) is 0 Å². The van der Waals surface area contributed by atoms with Crippen LogP contribution in [0, 0.1) is 6.92 Å². The van der Waals surface area contributed by atoms with Crippen molar-refractivity contribution in [1.29, 1.82) is 0 Å². The van der Waals surface area contributed by atoms with Crippen molar-refractivity contribution in [2.75, 3.05) is 6.54 Å². The molecule has 2 rings (SSSR count). The molecule has 0 unspecified atom stereocenters. The van der Waals surface area contributed by atoms with Gasteiger partial charge in [-0.05, 0) is 51.5 Å². The molecule has 20 heavy (non-hydrogen) atoms. The van der Waals surface area contributed by atoms with Gasteiger partial charge in [0.25, 0.3) is 0 Å². The van der Waals surface area contributed by atoms with E-state index in [4.69, 9.17) is 16.0 Å². The highest BCUT2D eigenvalue weighted by Gasteiger charge is 2.13. The number of aryl methyl sites for hydroxylation is 1. The van der Waals surface area contributed by atoms with Crippen molar-refractivity contribution >= 4 is 11.6 Å². The second-order valence-electron chi connectivity index (χ2n) is 5.89. The van der Waals surface area contributed by atoms with Crippen molar-refractivity contribution in [2.24, 2.45) is 0 Å². The van der Waals surface area contributed by atoms with Crippen molar-refractivity contribution < 1.29 is 4.42 Å². The smallest absolute Gasteiger partial charge is 0.248 e. The van der Waals surface area contributed by atoms with Gasteiger partial charge in [0, 0.05) is 29.1 Å². The molecule has 0 aliphatic carbocycles. The lowest BCUT2D eigenvalue weighted by Gasteiger charge is -2.19. The van der Waals surface area contributed by atoms with Gasteiger partial charge in [-0.25, -0.2) is 0 Å². The minimum atomic E-state index is 0.0929. The molecule has 2 aromatic rings. The van der Waals surface area contributed by atoms with E-state index in [0.717, 1.165) is 24.1 Å². The number of hydrogen-bond donors (Lipinski definition) is 1. The first-order valence-electron chi connectivity index (χ1n) is 6.69. The molecule has 0 spiro atoms. The fourth-order valence-electron chi connectivity index (χ4n) is 1.87. The molecule has 0 atom stereocenters. The number of hydrogen-bond acceptors (Lipinski definition) is 4. The zero-order valence-corrected chi connectivity index (χ0v) is 13.1. The molecule has 1 heterocycles. The maximum atomic E-state index is 5.95. The van der Waals surface area contributed by atoms with Crippen LogP contribution in [0.5, 0.6) is 0 Å². The summed E-state index contributed by atoms with van der Waals surface area (Å²) in [5, 5.41) is 12.3. The van der Waals surface area contributed by atoms with Crippen LogP contribution >= 0.6 is 11.6 Å². The Labute approximate surface area is 124 Å². The summed E-state index contributed by atoms with van der Waals surface area (Å²) in [5.41, 5.74) is 2.05. The SMILES string of the molecule is Cc1cc(Cl)ccc1-c1nnc(CCNC(C)(C)C)o1. The minimum absolute atomic E-state index is 0.0929. The molecule has 1 N–H and O–H groups in total. The van der Waals surface area contributed by atoms with Crippen LogP contribution in [0.1, 0.15) is 32.2 Å². The van der Waals surface area contributed by atoms with Gasteiger partial charge in [0.05, 0.1) is 0 Å². The van der Waals surface area contributed by atoms with Crippen LogP contribution in [0.2, 0.25) is 5.02 Å². The molecule has 0 saturated heterocycles. The minimum Gasteiger partial charge on any atom is -0.421 e. The third-order valence-corrected chi connectivity index (χ3v) is 3.12. The predicted molar refractivity (Wildman–Crippen MR) is 80.9 cm³/mol. The highest BCUT2D eigenvalue weighted by molar-refractivity contribution is 6.30. The lowest BCUT2D eigenvalue weighted by Crippen LogP contribution is -2.37. The predicted octanol–water partition coefficient (Wildman–Crippen LogP) is 3.63. The first-order valence-corrected chi connectivity index (χ1v) is 7.07. The van der Waals surface area contributed by atoms with Crippen molar-refractivity contribution in [3.8, 4) is 11.5 Å². The molecule has 1 aromatic heterocycles. The molecule has 0 aliphatic heterocycles. The normalized spacial score (nSPS) is 11.8. The molecular weight excluding hydrogens is 274 g/mol. The van der Waals surface area contributed by atoms with Crippen molar-refractivity contribution in [3.05, 3.63) is 34.7 Å². The number of rotatable bonds is 4. The number of benzene rings is 1. The van der Waals surface area contributed by atoms with Gasteiger partial charge >= 0.3 is 0 Å². The number of aromatic nitrogens is 2. The number of halogens is 1. The van der Waals surface area contributed by atoms with E-state index in [0.29, 0.717) is 16.8 Å². The number of nitrogens with one attached hydrogen (secondary N) is 1. The van der Waals surface area contributed by atoms with Crippen molar-refractivity contribution in [1.82, 2.24) is 15.5 Å². The van der Waals surface area contributed by atoms with Crippen LogP contribution < -0.4 is 5.32 Å². The summed E-state index contributed by atoms with van der Waals surface area (Å²) in [4.78, 5) is 0. The molecule has 5 heteroatoms. The van der Waals surface area contributed by atoms with E-state index < -0.39 is 0 Å². The maximum Gasteiger partial charge on any atom is 0.248 e. The van der Waals surface area contributed by atoms with Gasteiger partial charge in [0.15, 0.2) is 0 Å². The summed E-state index contributed by atoms with van der Waals surface area (Å²) in [6, 6.07) is 5.62. The molecule has 0 aliphatic rings. The van der Waals surface area contributed by atoms with Crippen LogP contribution in [0.25, 0.3) is 11.5 Å². The molecule has 0 radical (unpaired) electrons. The van der Waals surface area contributed by atoms with E-state index in [1.807, 2.05) is 25.1 Å². The van der Waals surface area contributed by atoms with Gasteiger partial charge < -0.3 is 9.73 Å². The molecule has 0 fully saturated rings. The fourth-order valence-corrected chi connectivity index (χ4v) is 2.10. The monoisotopic (exact) mass is 293 g/mol. The molecule has 0 bridgehead atoms. The molecule has 108 valence electrons. The first-order chi connectivity index (χ1) is 9.35. The van der Waals surface area contributed by atoms with Crippen LogP contribution in [-0.4, -0.2) is 22.3 Å². The Morgan fingerprint density at radius 1 is 1.25 bits per heavy atom. The number of nitrogens with zero attached hydrogens (tertiary/aromatic N) is 2. The van der Waals surface area contributed by atoms with E-state index >= 15 is 0 Å². The molecule has 4 nitrogen and oxygen atoms in total. The second-order valence-corrected chi connectivity index (χ2v) is 6.32. The zero-order valence-electron chi connectivity index (χ0n) is 12.3. The highest BCUT2D eigenvalue weighted by Crippen LogP contribution is 2.24. The van der Waals surface area contributed by atoms with E-state index in [9.17, 15) is 0 Å². The fraction of sp³-hybridized carbons (Fsp3) is 0.467. The lowest BCUT2D eigenvalue weighted by atomic mass is 10.1. The van der Waals surface area contributed by atoms with Gasteiger partial charge in [0.1, 0.15) is 0 Å². The topological polar surface area (TPSA) is 51.0 Å². The Kier molecular flexibility index (Phi) is 4.45. The summed E-state index contributed by atoms with van der Waals surface area (Å²) in [7, 11) is 0. The molecule has 1 aromatic carbocycles. The Morgan fingerprint density at radius 3 is 2.65 bits per heavy atom. The lowest BCUT2D eigenvalue weighted by molar-refractivity contribution is 0.412. The van der Waals surface area contributed by atoms with Gasteiger partial charge in [-0.15, -0.1) is 10.2 Å². The maximum absolute atomic E-state index is 5.95. The first kappa shape index (κ1) is 15.0. The van der Waals surface area contributed by atoms with Crippen LogP contribution in [0.3, 0.4) is 0 Å². The Bertz CT molecular complexity index is 587. The summed E-state index contributed by atoms with van der Waals surface area (Å²) < 4.78 is 5.70. The van der Waals surface area contributed by atoms with E-state index in [2.05, 4.69) is 36.3 Å². The third kappa shape index (κ3) is 4.05. The molecule has 0 amide bonds. The standard InChI is InChI=1S/C15H20ClN3O/c1-10-9-11(16)5-6-12(10)14-19-18-13(20-14)7-8-17-15(2,3)4/h5-6,9,17H,7-8H2,1-4H3. The Balaban J connectivity index is 2.05. The van der Waals surface area contributed by atoms with E-state index in [1.165, 1.54) is 0 Å². The Morgan fingerprint density at radius 2 is 2.00 bits per heavy atom. The van der Waals surface area contributed by atoms with Gasteiger partial charge in [-0.2, -0.15) is 0 Å². The van der Waals surface area contributed by atoms with Crippen molar-refractivity contribution in [2.45, 2.75) is 39.7 Å². The average Bonchev–Trinajstić information content (AvgIpc) is 2.75. The van der Waals surface area contributed by atoms with E-state index in [-0.39, 0.29) is 5.54 Å². The summed E-state index contributed by atoms with van der Waals surface area (Å²) >= 11 is 5.95. The van der Waals surface area contributed by atoms with Crippen LogP contribution in [0.15, 0.2) is 22.6 Å². The second kappa shape index (κ2) is 5.94. The van der Waals surface area contributed by atoms with Gasteiger partial charge in [0.2, 0.25) is 11.8 Å². The molecular formula is C15H20ClN3O. The molecule has 0 saturated carbocycles. The largest absolute Gasteiger partial charge is 0.421 e. The summed E-state index contributed by atoms with van der Waals surface area (Å²) in [5.74, 6) is 1.19. The summed E-state index contributed by atoms with van der Waals surface area (Å²) in [6.45, 7) is 9.17. The highest BCUT2D eigenvalue weighted by atomic mass is 35.5. The van der Waals surface area contributed by atoms with Crippen molar-refractivity contribution in [3.63, 3.8) is 0 Å². The van der Waals surface area contributed by atoms with Gasteiger partial charge in [-0.1, -0.05) is 11.6 Å². The summed E-state index contributed by atoms with van der Waals surface area (Å²) in [6.07, 6.45) is 0.719. The Hall–Kier alpha value is -1.39. The quantitative estimate of drug-likeness (QED) is 0.935. The van der Waals surface area contributed by atoms with E-state index in [1.54, 1.807) is 0 Å². The van der Waals surface area contributed by atoms with Crippen LogP contribution in [-0.2, 0) is 6.42 Å².